The topological polar surface area (TPSA) is 38.1 Å². The third-order valence-corrected chi connectivity index (χ3v) is 6.28. The van der Waals surface area contributed by atoms with Crippen molar-refractivity contribution in [1.82, 2.24) is 14.7 Å². The molecule has 4 nitrogen and oxygen atoms in total. The number of nitrogens with zero attached hydrogens (tertiary/aromatic N) is 3. The minimum Gasteiger partial charge on any atom is -0.333 e. The number of carbonyl (C=O) groups excluding carboxylic acids is 1. The highest BCUT2D eigenvalue weighted by Crippen LogP contribution is 2.33. The largest absolute Gasteiger partial charge is 0.333 e. The molecule has 0 spiro atoms. The van der Waals surface area contributed by atoms with Crippen molar-refractivity contribution in [2.45, 2.75) is 52.1 Å². The predicted octanol–water partition coefficient (Wildman–Crippen LogP) is 4.80. The lowest BCUT2D eigenvalue weighted by molar-refractivity contribution is 0.0516. The molecule has 1 aliphatic heterocycles. The molecule has 1 fully saturated rings. The molecular formula is C20H23N3OS. The van der Waals surface area contributed by atoms with Gasteiger partial charge in [-0.25, -0.2) is 4.68 Å². The third-order valence-electron chi connectivity index (χ3n) is 5.18. The molecule has 0 N–H and O–H groups in total. The first-order valence-electron chi connectivity index (χ1n) is 8.93. The molecule has 3 heterocycles. The van der Waals surface area contributed by atoms with Crippen molar-refractivity contribution in [2.24, 2.45) is 0 Å². The zero-order valence-corrected chi connectivity index (χ0v) is 15.7. The van der Waals surface area contributed by atoms with Crippen molar-refractivity contribution in [2.75, 3.05) is 0 Å². The van der Waals surface area contributed by atoms with E-state index >= 15 is 0 Å². The summed E-state index contributed by atoms with van der Waals surface area (Å²) in [5.41, 5.74) is 2.00. The maximum atomic E-state index is 13.2. The Morgan fingerprint density at radius 1 is 1.16 bits per heavy atom. The third kappa shape index (κ3) is 2.76. The average molecular weight is 353 g/mol. The lowest BCUT2D eigenvalue weighted by Gasteiger charge is -2.38. The lowest BCUT2D eigenvalue weighted by Crippen LogP contribution is -2.47. The van der Waals surface area contributed by atoms with Crippen LogP contribution in [0.3, 0.4) is 0 Å². The molecule has 1 aromatic carbocycles. The predicted molar refractivity (Wildman–Crippen MR) is 103 cm³/mol. The number of hydrogen-bond acceptors (Lipinski definition) is 3. The van der Waals surface area contributed by atoms with E-state index in [-0.39, 0.29) is 5.91 Å². The fourth-order valence-electron chi connectivity index (χ4n) is 3.85. The normalized spacial score (nSPS) is 21.0. The van der Waals surface area contributed by atoms with Gasteiger partial charge in [0, 0.05) is 17.5 Å². The second-order valence-electron chi connectivity index (χ2n) is 7.00. The van der Waals surface area contributed by atoms with Crippen LogP contribution in [-0.4, -0.2) is 32.7 Å². The van der Waals surface area contributed by atoms with Crippen LogP contribution in [0.2, 0.25) is 0 Å². The Morgan fingerprint density at radius 2 is 1.84 bits per heavy atom. The molecule has 1 saturated heterocycles. The molecule has 0 aliphatic carbocycles. The number of para-hydroxylation sites is 1. The van der Waals surface area contributed by atoms with Gasteiger partial charge in [0.2, 0.25) is 0 Å². The van der Waals surface area contributed by atoms with Gasteiger partial charge < -0.3 is 4.90 Å². The summed E-state index contributed by atoms with van der Waals surface area (Å²) in [6.45, 7) is 6.34. The van der Waals surface area contributed by atoms with Crippen LogP contribution in [0.15, 0.2) is 36.4 Å². The number of fused-ring (bicyclic) bond motifs is 1. The highest BCUT2D eigenvalue weighted by molar-refractivity contribution is 7.20. The molecule has 3 aromatic rings. The second kappa shape index (κ2) is 6.30. The Labute approximate surface area is 152 Å². The van der Waals surface area contributed by atoms with Crippen molar-refractivity contribution >= 4 is 27.5 Å². The van der Waals surface area contributed by atoms with E-state index in [1.54, 1.807) is 11.3 Å². The monoisotopic (exact) mass is 353 g/mol. The molecule has 4 rings (SSSR count). The molecule has 130 valence electrons. The first-order valence-corrected chi connectivity index (χ1v) is 9.75. The fourth-order valence-corrected chi connectivity index (χ4v) is 4.97. The average Bonchev–Trinajstić information content (AvgIpc) is 3.16. The summed E-state index contributed by atoms with van der Waals surface area (Å²) < 4.78 is 1.95. The van der Waals surface area contributed by atoms with Crippen LogP contribution >= 0.6 is 11.3 Å². The molecule has 2 aromatic heterocycles. The minimum absolute atomic E-state index is 0.167. The van der Waals surface area contributed by atoms with Gasteiger partial charge in [-0.2, -0.15) is 5.10 Å². The minimum atomic E-state index is 0.167. The smallest absolute Gasteiger partial charge is 0.264 e. The number of amides is 1. The first-order chi connectivity index (χ1) is 12.1. The molecule has 0 saturated carbocycles. The van der Waals surface area contributed by atoms with Gasteiger partial charge in [-0.3, -0.25) is 4.79 Å². The number of carbonyl (C=O) groups is 1. The Kier molecular flexibility index (Phi) is 4.12. The van der Waals surface area contributed by atoms with E-state index in [4.69, 9.17) is 0 Å². The van der Waals surface area contributed by atoms with Crippen LogP contribution in [-0.2, 0) is 0 Å². The van der Waals surface area contributed by atoms with E-state index in [1.807, 2.05) is 48.0 Å². The number of rotatable bonds is 2. The van der Waals surface area contributed by atoms with Crippen LogP contribution in [0.1, 0.15) is 48.5 Å². The zero-order valence-electron chi connectivity index (χ0n) is 14.9. The molecule has 0 unspecified atom stereocenters. The number of likely N-dealkylation sites (tertiary alicyclic amines) is 1. The van der Waals surface area contributed by atoms with Crippen molar-refractivity contribution < 1.29 is 4.79 Å². The summed E-state index contributed by atoms with van der Waals surface area (Å²) in [6.07, 6.45) is 3.40. The van der Waals surface area contributed by atoms with E-state index in [0.29, 0.717) is 12.1 Å². The lowest BCUT2D eigenvalue weighted by atomic mass is 9.97. The molecule has 1 aliphatic rings. The number of aromatic nitrogens is 2. The van der Waals surface area contributed by atoms with Gasteiger partial charge >= 0.3 is 0 Å². The van der Waals surface area contributed by atoms with Gasteiger partial charge in [0.1, 0.15) is 4.83 Å². The van der Waals surface area contributed by atoms with Crippen molar-refractivity contribution in [3.8, 4) is 5.69 Å². The fraction of sp³-hybridized carbons (Fsp3) is 0.400. The number of thiophene rings is 1. The van der Waals surface area contributed by atoms with Crippen LogP contribution in [0.25, 0.3) is 15.9 Å². The molecule has 1 amide bonds. The van der Waals surface area contributed by atoms with Gasteiger partial charge in [-0.15, -0.1) is 11.3 Å². The molecular weight excluding hydrogens is 330 g/mol. The van der Waals surface area contributed by atoms with Crippen LogP contribution < -0.4 is 0 Å². The van der Waals surface area contributed by atoms with Crippen LogP contribution in [0.5, 0.6) is 0 Å². The van der Waals surface area contributed by atoms with E-state index in [9.17, 15) is 4.79 Å². The zero-order chi connectivity index (χ0) is 17.6. The summed E-state index contributed by atoms with van der Waals surface area (Å²) in [5.74, 6) is 0.167. The Balaban J connectivity index is 1.76. The maximum absolute atomic E-state index is 13.2. The summed E-state index contributed by atoms with van der Waals surface area (Å²) >= 11 is 1.55. The summed E-state index contributed by atoms with van der Waals surface area (Å²) in [7, 11) is 0. The Hall–Kier alpha value is -2.14. The molecule has 25 heavy (non-hydrogen) atoms. The SMILES string of the molecule is Cc1nn(-c2ccccc2)c2sc(C(=O)N3[C@H](C)CCC[C@@H]3C)cc12. The van der Waals surface area contributed by atoms with E-state index in [1.165, 1.54) is 6.42 Å². The van der Waals surface area contributed by atoms with E-state index in [0.717, 1.165) is 39.3 Å². The van der Waals surface area contributed by atoms with E-state index < -0.39 is 0 Å². The van der Waals surface area contributed by atoms with Gasteiger partial charge in [-0.05, 0) is 58.2 Å². The highest BCUT2D eigenvalue weighted by Gasteiger charge is 2.31. The molecule has 0 radical (unpaired) electrons. The van der Waals surface area contributed by atoms with Crippen LogP contribution in [0.4, 0.5) is 0 Å². The highest BCUT2D eigenvalue weighted by atomic mass is 32.1. The van der Waals surface area contributed by atoms with E-state index in [2.05, 4.69) is 23.8 Å². The van der Waals surface area contributed by atoms with Crippen molar-refractivity contribution in [3.63, 3.8) is 0 Å². The Morgan fingerprint density at radius 3 is 2.52 bits per heavy atom. The quantitative estimate of drug-likeness (QED) is 0.664. The summed E-state index contributed by atoms with van der Waals surface area (Å²) in [4.78, 5) is 17.1. The standard InChI is InChI=1S/C20H23N3OS/c1-13-8-7-9-14(2)22(13)19(24)18-12-17-15(3)21-23(20(17)25-18)16-10-5-4-6-11-16/h4-6,10-14H,7-9H2,1-3H3/t13-,14+. The number of hydrogen-bond donors (Lipinski definition) is 0. The Bertz CT molecular complexity index is 902. The summed E-state index contributed by atoms with van der Waals surface area (Å²) in [5, 5.41) is 5.74. The van der Waals surface area contributed by atoms with Gasteiger partial charge in [0.15, 0.2) is 0 Å². The van der Waals surface area contributed by atoms with Crippen molar-refractivity contribution in [1.29, 1.82) is 0 Å². The second-order valence-corrected chi connectivity index (χ2v) is 8.03. The van der Waals surface area contributed by atoms with Gasteiger partial charge in [0.25, 0.3) is 5.91 Å². The summed E-state index contributed by atoms with van der Waals surface area (Å²) in [6, 6.07) is 12.8. The van der Waals surface area contributed by atoms with Crippen molar-refractivity contribution in [3.05, 3.63) is 47.0 Å². The maximum Gasteiger partial charge on any atom is 0.264 e. The van der Waals surface area contributed by atoms with Gasteiger partial charge in [-0.1, -0.05) is 18.2 Å². The number of piperidine rings is 1. The first kappa shape index (κ1) is 16.3. The molecule has 2 atom stereocenters. The van der Waals surface area contributed by atoms with Crippen LogP contribution in [0, 0.1) is 6.92 Å². The molecule has 5 heteroatoms. The number of aryl methyl sites for hydroxylation is 1. The molecule has 0 bridgehead atoms. The number of benzene rings is 1. The van der Waals surface area contributed by atoms with Gasteiger partial charge in [0.05, 0.1) is 16.3 Å².